The normalized spacial score (nSPS) is 18.8. The average Bonchev–Trinajstić information content (AvgIpc) is 2.82. The second-order valence-electron chi connectivity index (χ2n) is 9.47. The number of unbranched alkanes of at least 4 members (excludes halogenated alkanes) is 6. The first-order valence-electron chi connectivity index (χ1n) is 13.0. The summed E-state index contributed by atoms with van der Waals surface area (Å²) < 4.78 is 5.90. The molecule has 2 aromatic rings. The zero-order valence-corrected chi connectivity index (χ0v) is 20.0. The molecule has 31 heavy (non-hydrogen) atoms. The number of aromatic nitrogens is 1. The number of nitrogens with zero attached hydrogens (tertiary/aromatic N) is 1. The molecule has 2 nitrogen and oxygen atoms in total. The Hall–Kier alpha value is -1.83. The zero-order valence-electron chi connectivity index (χ0n) is 20.0. The standard InChI is InChI=1S/C29H43NO/c1-3-5-7-8-10-22-31-28-19-16-25(17-20-28)27-18-21-29(30-23-27)26-14-12-24(13-15-26)11-9-6-4-2/h16-21,23-24,26H,3-15,22H2,1-2H3/t24-,26-. The Morgan fingerprint density at radius 1 is 0.742 bits per heavy atom. The van der Waals surface area contributed by atoms with Gasteiger partial charge in [-0.25, -0.2) is 0 Å². The molecule has 1 fully saturated rings. The summed E-state index contributed by atoms with van der Waals surface area (Å²) >= 11 is 0. The molecule has 0 N–H and O–H groups in total. The van der Waals surface area contributed by atoms with E-state index in [0.29, 0.717) is 5.92 Å². The van der Waals surface area contributed by atoms with Crippen molar-refractivity contribution in [2.45, 2.75) is 103 Å². The van der Waals surface area contributed by atoms with Crippen LogP contribution in [0.1, 0.15) is 109 Å². The molecule has 0 spiro atoms. The lowest BCUT2D eigenvalue weighted by atomic mass is 9.78. The molecule has 0 saturated heterocycles. The Balaban J connectivity index is 1.43. The molecule has 0 amide bonds. The van der Waals surface area contributed by atoms with Crippen LogP contribution in [0.2, 0.25) is 0 Å². The van der Waals surface area contributed by atoms with Crippen molar-refractivity contribution in [3.05, 3.63) is 48.3 Å². The molecule has 0 unspecified atom stereocenters. The van der Waals surface area contributed by atoms with Crippen LogP contribution in [-0.4, -0.2) is 11.6 Å². The molecule has 1 aliphatic rings. The molecular formula is C29H43NO. The third-order valence-electron chi connectivity index (χ3n) is 6.97. The third kappa shape index (κ3) is 7.98. The number of rotatable bonds is 13. The topological polar surface area (TPSA) is 22.1 Å². The van der Waals surface area contributed by atoms with Gasteiger partial charge in [0.25, 0.3) is 0 Å². The van der Waals surface area contributed by atoms with Crippen molar-refractivity contribution in [1.29, 1.82) is 0 Å². The van der Waals surface area contributed by atoms with Gasteiger partial charge in [0.2, 0.25) is 0 Å². The Kier molecular flexibility index (Phi) is 10.4. The maximum absolute atomic E-state index is 5.90. The van der Waals surface area contributed by atoms with E-state index in [4.69, 9.17) is 9.72 Å². The molecule has 0 aliphatic heterocycles. The second-order valence-corrected chi connectivity index (χ2v) is 9.47. The minimum atomic E-state index is 0.657. The summed E-state index contributed by atoms with van der Waals surface area (Å²) in [7, 11) is 0. The lowest BCUT2D eigenvalue weighted by Crippen LogP contribution is -2.14. The summed E-state index contributed by atoms with van der Waals surface area (Å²) in [5, 5.41) is 0. The van der Waals surface area contributed by atoms with E-state index in [9.17, 15) is 0 Å². The Bertz CT molecular complexity index is 713. The highest BCUT2D eigenvalue weighted by atomic mass is 16.5. The van der Waals surface area contributed by atoms with Crippen LogP contribution in [0.4, 0.5) is 0 Å². The highest BCUT2D eigenvalue weighted by molar-refractivity contribution is 5.63. The van der Waals surface area contributed by atoms with Gasteiger partial charge in [-0.3, -0.25) is 4.98 Å². The fourth-order valence-electron chi connectivity index (χ4n) is 4.89. The van der Waals surface area contributed by atoms with Crippen LogP contribution in [-0.2, 0) is 0 Å². The van der Waals surface area contributed by atoms with Crippen molar-refractivity contribution in [1.82, 2.24) is 4.98 Å². The fraction of sp³-hybridized carbons (Fsp3) is 0.621. The zero-order chi connectivity index (χ0) is 21.7. The van der Waals surface area contributed by atoms with Gasteiger partial charge >= 0.3 is 0 Å². The minimum absolute atomic E-state index is 0.657. The summed E-state index contributed by atoms with van der Waals surface area (Å²) in [6, 6.07) is 13.0. The van der Waals surface area contributed by atoms with Gasteiger partial charge in [-0.05, 0) is 61.8 Å². The van der Waals surface area contributed by atoms with Gasteiger partial charge in [-0.2, -0.15) is 0 Å². The highest BCUT2D eigenvalue weighted by Gasteiger charge is 2.22. The molecule has 1 heterocycles. The molecule has 170 valence electrons. The Morgan fingerprint density at radius 2 is 1.42 bits per heavy atom. The van der Waals surface area contributed by atoms with Crippen LogP contribution in [0, 0.1) is 5.92 Å². The molecule has 0 radical (unpaired) electrons. The van der Waals surface area contributed by atoms with Gasteiger partial charge in [-0.1, -0.05) is 83.4 Å². The molecule has 2 heteroatoms. The van der Waals surface area contributed by atoms with Crippen molar-refractivity contribution < 1.29 is 4.74 Å². The monoisotopic (exact) mass is 421 g/mol. The van der Waals surface area contributed by atoms with Crippen molar-refractivity contribution in [3.63, 3.8) is 0 Å². The quantitative estimate of drug-likeness (QED) is 0.301. The van der Waals surface area contributed by atoms with Gasteiger partial charge in [0.15, 0.2) is 0 Å². The second kappa shape index (κ2) is 13.6. The Morgan fingerprint density at radius 3 is 2.10 bits per heavy atom. The average molecular weight is 422 g/mol. The predicted octanol–water partition coefficient (Wildman–Crippen LogP) is 8.95. The van der Waals surface area contributed by atoms with E-state index in [1.165, 1.54) is 93.9 Å². The van der Waals surface area contributed by atoms with Gasteiger partial charge in [0.1, 0.15) is 5.75 Å². The first-order valence-corrected chi connectivity index (χ1v) is 13.0. The fourth-order valence-corrected chi connectivity index (χ4v) is 4.89. The van der Waals surface area contributed by atoms with Crippen LogP contribution >= 0.6 is 0 Å². The summed E-state index contributed by atoms with van der Waals surface area (Å²) in [6.45, 7) is 5.37. The SMILES string of the molecule is CCCCCCCOc1ccc(-c2ccc([C@H]3CC[C@H](CCCCC)CC3)nc2)cc1. The molecular weight excluding hydrogens is 378 g/mol. The lowest BCUT2D eigenvalue weighted by Gasteiger charge is -2.28. The van der Waals surface area contributed by atoms with E-state index in [2.05, 4.69) is 56.4 Å². The van der Waals surface area contributed by atoms with E-state index in [0.717, 1.165) is 24.7 Å². The molecule has 0 atom stereocenters. The molecule has 0 bridgehead atoms. The number of hydrogen-bond acceptors (Lipinski definition) is 2. The first-order chi connectivity index (χ1) is 15.3. The molecule has 1 aliphatic carbocycles. The highest BCUT2D eigenvalue weighted by Crippen LogP contribution is 2.37. The number of hydrogen-bond donors (Lipinski definition) is 0. The predicted molar refractivity (Wildman–Crippen MR) is 133 cm³/mol. The van der Waals surface area contributed by atoms with Gasteiger partial charge in [-0.15, -0.1) is 0 Å². The van der Waals surface area contributed by atoms with Crippen LogP contribution in [0.3, 0.4) is 0 Å². The minimum Gasteiger partial charge on any atom is -0.494 e. The molecule has 1 aromatic heterocycles. The van der Waals surface area contributed by atoms with Crippen molar-refractivity contribution in [2.24, 2.45) is 5.92 Å². The number of pyridine rings is 1. The Labute approximate surface area is 190 Å². The van der Waals surface area contributed by atoms with E-state index < -0.39 is 0 Å². The van der Waals surface area contributed by atoms with E-state index in [-0.39, 0.29) is 0 Å². The van der Waals surface area contributed by atoms with Crippen LogP contribution in [0.5, 0.6) is 5.75 Å². The maximum atomic E-state index is 5.90. The molecule has 1 saturated carbocycles. The van der Waals surface area contributed by atoms with Gasteiger partial charge in [0.05, 0.1) is 6.61 Å². The van der Waals surface area contributed by atoms with Crippen LogP contribution in [0.25, 0.3) is 11.1 Å². The van der Waals surface area contributed by atoms with Crippen molar-refractivity contribution in [2.75, 3.05) is 6.61 Å². The summed E-state index contributed by atoms with van der Waals surface area (Å²) in [6.07, 6.45) is 19.4. The first kappa shape index (κ1) is 23.8. The van der Waals surface area contributed by atoms with E-state index in [1.807, 2.05) is 0 Å². The number of ether oxygens (including phenoxy) is 1. The van der Waals surface area contributed by atoms with Gasteiger partial charge < -0.3 is 4.74 Å². The number of benzene rings is 1. The van der Waals surface area contributed by atoms with Crippen molar-refractivity contribution in [3.8, 4) is 16.9 Å². The molecule has 1 aromatic carbocycles. The van der Waals surface area contributed by atoms with Gasteiger partial charge in [0, 0.05) is 23.4 Å². The van der Waals surface area contributed by atoms with Crippen molar-refractivity contribution >= 4 is 0 Å². The lowest BCUT2D eigenvalue weighted by molar-refractivity contribution is 0.300. The van der Waals surface area contributed by atoms with Crippen LogP contribution < -0.4 is 4.74 Å². The summed E-state index contributed by atoms with van der Waals surface area (Å²) in [5.74, 6) is 2.59. The molecule has 3 rings (SSSR count). The summed E-state index contributed by atoms with van der Waals surface area (Å²) in [4.78, 5) is 4.86. The van der Waals surface area contributed by atoms with E-state index in [1.54, 1.807) is 0 Å². The smallest absolute Gasteiger partial charge is 0.119 e. The van der Waals surface area contributed by atoms with E-state index >= 15 is 0 Å². The largest absolute Gasteiger partial charge is 0.494 e. The summed E-state index contributed by atoms with van der Waals surface area (Å²) in [5.41, 5.74) is 3.70. The third-order valence-corrected chi connectivity index (χ3v) is 6.97. The maximum Gasteiger partial charge on any atom is 0.119 e. The van der Waals surface area contributed by atoms with Crippen LogP contribution in [0.15, 0.2) is 42.6 Å².